The van der Waals surface area contributed by atoms with E-state index in [1.54, 1.807) is 0 Å². The van der Waals surface area contributed by atoms with E-state index in [1.807, 2.05) is 6.92 Å². The molecule has 0 aromatic carbocycles. The number of thiazole rings is 1. The van der Waals surface area contributed by atoms with Gasteiger partial charge < -0.3 is 4.74 Å². The lowest BCUT2D eigenvalue weighted by atomic mass is 9.85. The topological polar surface area (TPSA) is 85.4 Å². The zero-order chi connectivity index (χ0) is 15.5. The zero-order valence-electron chi connectivity index (χ0n) is 12.2. The molecule has 1 aromatic heterocycles. The minimum absolute atomic E-state index is 0.0722. The van der Waals surface area contributed by atoms with Crippen LogP contribution in [0.5, 0.6) is 0 Å². The summed E-state index contributed by atoms with van der Waals surface area (Å²) in [5.74, 6) is -0.384. The van der Waals surface area contributed by atoms with Gasteiger partial charge in [0.15, 0.2) is 9.90 Å². The van der Waals surface area contributed by atoms with Gasteiger partial charge in [-0.05, 0) is 25.7 Å². The minimum Gasteiger partial charge on any atom is -0.464 e. The lowest BCUT2D eigenvalue weighted by Crippen LogP contribution is -2.39. The number of hydrogen-bond donors (Lipinski definition) is 1. The van der Waals surface area contributed by atoms with Crippen LogP contribution in [-0.4, -0.2) is 32.5 Å². The number of aromatic nitrogens is 1. The van der Waals surface area contributed by atoms with Crippen molar-refractivity contribution in [3.8, 4) is 0 Å². The maximum Gasteiger partial charge on any atom is 0.358 e. The summed E-state index contributed by atoms with van der Waals surface area (Å²) >= 11 is 0.926. The quantitative estimate of drug-likeness (QED) is 0.835. The molecule has 21 heavy (non-hydrogen) atoms. The first-order chi connectivity index (χ1) is 9.95. The molecule has 0 saturated heterocycles. The van der Waals surface area contributed by atoms with E-state index in [4.69, 9.17) is 0 Å². The standard InChI is InChI=1S/C13H20N2O4S2/c1-9(10-6-4-3-5-7-10)15-21(17,18)13-11(12(16)19-2)14-8-20-13/h8-10,15H,3-7H2,1-2H3/t9-/m0/s1. The minimum atomic E-state index is -3.75. The van der Waals surface area contributed by atoms with Crippen LogP contribution in [0.2, 0.25) is 0 Å². The smallest absolute Gasteiger partial charge is 0.358 e. The second kappa shape index (κ2) is 6.85. The van der Waals surface area contributed by atoms with Crippen LogP contribution in [0, 0.1) is 5.92 Å². The maximum absolute atomic E-state index is 12.4. The molecular formula is C13H20N2O4S2. The van der Waals surface area contributed by atoms with Crippen molar-refractivity contribution in [2.24, 2.45) is 5.92 Å². The molecule has 1 heterocycles. The van der Waals surface area contributed by atoms with Gasteiger partial charge in [-0.1, -0.05) is 19.3 Å². The number of ether oxygens (including phenoxy) is 1. The molecule has 0 radical (unpaired) electrons. The van der Waals surface area contributed by atoms with E-state index in [0.717, 1.165) is 37.0 Å². The summed E-state index contributed by atoms with van der Waals surface area (Å²) in [6.07, 6.45) is 5.58. The molecule has 8 heteroatoms. The van der Waals surface area contributed by atoms with Gasteiger partial charge in [-0.15, -0.1) is 11.3 Å². The van der Waals surface area contributed by atoms with Crippen LogP contribution in [0.3, 0.4) is 0 Å². The van der Waals surface area contributed by atoms with E-state index in [9.17, 15) is 13.2 Å². The SMILES string of the molecule is COC(=O)c1ncsc1S(=O)(=O)N[C@@H](C)C1CCCCC1. The van der Waals surface area contributed by atoms with Crippen molar-refractivity contribution in [2.45, 2.75) is 49.3 Å². The van der Waals surface area contributed by atoms with E-state index < -0.39 is 16.0 Å². The van der Waals surface area contributed by atoms with Crippen LogP contribution < -0.4 is 4.72 Å². The van der Waals surface area contributed by atoms with Gasteiger partial charge in [-0.3, -0.25) is 0 Å². The number of carbonyl (C=O) groups is 1. The molecule has 0 unspecified atom stereocenters. The summed E-state index contributed by atoms with van der Waals surface area (Å²) in [6.45, 7) is 1.88. The third-order valence-electron chi connectivity index (χ3n) is 3.86. The Balaban J connectivity index is 2.14. The van der Waals surface area contributed by atoms with Gasteiger partial charge in [-0.2, -0.15) is 0 Å². The van der Waals surface area contributed by atoms with Gasteiger partial charge in [-0.25, -0.2) is 22.9 Å². The van der Waals surface area contributed by atoms with Crippen molar-refractivity contribution in [1.82, 2.24) is 9.71 Å². The number of esters is 1. The van der Waals surface area contributed by atoms with Gasteiger partial charge in [0.2, 0.25) is 0 Å². The summed E-state index contributed by atoms with van der Waals surface area (Å²) in [5, 5.41) is 0. The van der Waals surface area contributed by atoms with Crippen LogP contribution in [0.15, 0.2) is 9.72 Å². The molecule has 118 valence electrons. The number of sulfonamides is 1. The summed E-state index contributed by atoms with van der Waals surface area (Å²) in [5.41, 5.74) is 1.19. The summed E-state index contributed by atoms with van der Waals surface area (Å²) in [6, 6.07) is -0.150. The van der Waals surface area contributed by atoms with Crippen LogP contribution >= 0.6 is 11.3 Å². The number of methoxy groups -OCH3 is 1. The van der Waals surface area contributed by atoms with E-state index >= 15 is 0 Å². The highest BCUT2D eigenvalue weighted by Gasteiger charge is 2.30. The summed E-state index contributed by atoms with van der Waals surface area (Å²) in [7, 11) is -2.54. The Kier molecular flexibility index (Phi) is 5.34. The Hall–Kier alpha value is -0.990. The fraction of sp³-hybridized carbons (Fsp3) is 0.692. The highest BCUT2D eigenvalue weighted by Crippen LogP contribution is 2.28. The summed E-state index contributed by atoms with van der Waals surface area (Å²) in [4.78, 5) is 15.4. The Morgan fingerprint density at radius 2 is 2.10 bits per heavy atom. The highest BCUT2D eigenvalue weighted by molar-refractivity contribution is 7.91. The normalized spacial score (nSPS) is 18.4. The predicted octanol–water partition coefficient (Wildman–Crippen LogP) is 2.18. The molecule has 1 saturated carbocycles. The van der Waals surface area contributed by atoms with Crippen molar-refractivity contribution in [2.75, 3.05) is 7.11 Å². The molecule has 1 aromatic rings. The van der Waals surface area contributed by atoms with Gasteiger partial charge in [0.25, 0.3) is 10.0 Å². The average molecular weight is 332 g/mol. The molecule has 0 amide bonds. The monoisotopic (exact) mass is 332 g/mol. The molecule has 0 bridgehead atoms. The van der Waals surface area contributed by atoms with Gasteiger partial charge in [0, 0.05) is 6.04 Å². The third-order valence-corrected chi connectivity index (χ3v) is 6.78. The fourth-order valence-electron chi connectivity index (χ4n) is 2.69. The Bertz CT molecular complexity index is 591. The van der Waals surface area contributed by atoms with Crippen molar-refractivity contribution in [3.05, 3.63) is 11.2 Å². The Morgan fingerprint density at radius 1 is 1.43 bits per heavy atom. The molecule has 0 aliphatic heterocycles. The van der Waals surface area contributed by atoms with Crippen molar-refractivity contribution >= 4 is 27.3 Å². The maximum atomic E-state index is 12.4. The molecule has 2 rings (SSSR count). The molecule has 1 aliphatic rings. The first-order valence-corrected chi connectivity index (χ1v) is 9.36. The predicted molar refractivity (Wildman–Crippen MR) is 79.8 cm³/mol. The van der Waals surface area contributed by atoms with Crippen LogP contribution in [-0.2, 0) is 14.8 Å². The lowest BCUT2D eigenvalue weighted by Gasteiger charge is -2.27. The number of nitrogens with one attached hydrogen (secondary N) is 1. The summed E-state index contributed by atoms with van der Waals surface area (Å²) < 4.78 is 32.1. The molecule has 0 spiro atoms. The van der Waals surface area contributed by atoms with E-state index in [-0.39, 0.29) is 15.9 Å². The van der Waals surface area contributed by atoms with Crippen molar-refractivity contribution in [1.29, 1.82) is 0 Å². The second-order valence-corrected chi connectivity index (χ2v) is 8.05. The Labute approximate surface area is 129 Å². The van der Waals surface area contributed by atoms with E-state index in [0.29, 0.717) is 5.92 Å². The average Bonchev–Trinajstić information content (AvgIpc) is 2.97. The van der Waals surface area contributed by atoms with Crippen molar-refractivity contribution in [3.63, 3.8) is 0 Å². The fourth-order valence-corrected chi connectivity index (χ4v) is 5.15. The highest BCUT2D eigenvalue weighted by atomic mass is 32.2. The second-order valence-electron chi connectivity index (χ2n) is 5.29. The van der Waals surface area contributed by atoms with E-state index in [1.165, 1.54) is 19.0 Å². The third kappa shape index (κ3) is 3.81. The number of carbonyl (C=O) groups excluding carboxylic acids is 1. The van der Waals surface area contributed by atoms with Gasteiger partial charge in [0.1, 0.15) is 0 Å². The van der Waals surface area contributed by atoms with Crippen LogP contribution in [0.25, 0.3) is 0 Å². The number of nitrogens with zero attached hydrogens (tertiary/aromatic N) is 1. The molecule has 1 atom stereocenters. The molecule has 6 nitrogen and oxygen atoms in total. The molecule has 1 fully saturated rings. The first-order valence-electron chi connectivity index (χ1n) is 7.00. The van der Waals surface area contributed by atoms with Gasteiger partial charge in [0.05, 0.1) is 12.6 Å². The van der Waals surface area contributed by atoms with Crippen molar-refractivity contribution < 1.29 is 17.9 Å². The number of hydrogen-bond acceptors (Lipinski definition) is 6. The van der Waals surface area contributed by atoms with E-state index in [2.05, 4.69) is 14.4 Å². The lowest BCUT2D eigenvalue weighted by molar-refractivity contribution is 0.0590. The largest absolute Gasteiger partial charge is 0.464 e. The Morgan fingerprint density at radius 3 is 2.71 bits per heavy atom. The molecular weight excluding hydrogens is 312 g/mol. The zero-order valence-corrected chi connectivity index (χ0v) is 13.8. The first kappa shape index (κ1) is 16.4. The van der Waals surface area contributed by atoms with Gasteiger partial charge >= 0.3 is 5.97 Å². The van der Waals surface area contributed by atoms with Crippen LogP contribution in [0.1, 0.15) is 49.5 Å². The van der Waals surface area contributed by atoms with Crippen LogP contribution in [0.4, 0.5) is 0 Å². The molecule has 1 N–H and O–H groups in total. The number of rotatable bonds is 5. The molecule has 1 aliphatic carbocycles.